The number of nitrogens with one attached hydrogen (secondary N) is 1. The Balaban J connectivity index is 1.74. The fourth-order valence-electron chi connectivity index (χ4n) is 2.59. The SMILES string of the molecule is CNC(CN(C)C1CC1)c1ccc2c(c1)OCCO2. The molecule has 0 amide bonds. The van der Waals surface area contributed by atoms with E-state index in [-0.39, 0.29) is 0 Å². The molecule has 19 heavy (non-hydrogen) atoms. The van der Waals surface area contributed by atoms with E-state index in [1.165, 1.54) is 18.4 Å². The molecule has 1 aromatic rings. The standard InChI is InChI=1S/C15H22N2O2/c1-16-13(10-17(2)12-4-5-12)11-3-6-14-15(9-11)19-8-7-18-14/h3,6,9,12-13,16H,4-5,7-8,10H2,1-2H3. The van der Waals surface area contributed by atoms with Crippen molar-refractivity contribution in [1.29, 1.82) is 0 Å². The highest BCUT2D eigenvalue weighted by Crippen LogP contribution is 2.33. The maximum Gasteiger partial charge on any atom is 0.161 e. The van der Waals surface area contributed by atoms with Crippen LogP contribution in [0.25, 0.3) is 0 Å². The van der Waals surface area contributed by atoms with Gasteiger partial charge in [0.1, 0.15) is 13.2 Å². The molecule has 1 heterocycles. The lowest BCUT2D eigenvalue weighted by atomic mass is 10.1. The zero-order valence-electron chi connectivity index (χ0n) is 11.7. The molecule has 1 saturated carbocycles. The number of rotatable bonds is 5. The van der Waals surface area contributed by atoms with Gasteiger partial charge in [-0.2, -0.15) is 0 Å². The molecule has 0 radical (unpaired) electrons. The molecule has 0 spiro atoms. The Morgan fingerprint density at radius 3 is 2.68 bits per heavy atom. The molecule has 1 atom stereocenters. The summed E-state index contributed by atoms with van der Waals surface area (Å²) in [6.45, 7) is 2.32. The summed E-state index contributed by atoms with van der Waals surface area (Å²) in [7, 11) is 4.22. The first-order chi connectivity index (χ1) is 9.28. The Morgan fingerprint density at radius 1 is 1.26 bits per heavy atom. The summed E-state index contributed by atoms with van der Waals surface area (Å²) in [5, 5.41) is 3.40. The first kappa shape index (κ1) is 12.8. The van der Waals surface area contributed by atoms with Crippen molar-refractivity contribution in [3.63, 3.8) is 0 Å². The van der Waals surface area contributed by atoms with Crippen molar-refractivity contribution in [3.8, 4) is 11.5 Å². The van der Waals surface area contributed by atoms with Crippen molar-refractivity contribution in [2.75, 3.05) is 33.9 Å². The summed E-state index contributed by atoms with van der Waals surface area (Å²) in [5.74, 6) is 1.73. The molecule has 4 nitrogen and oxygen atoms in total. The Kier molecular flexibility index (Phi) is 3.62. The smallest absolute Gasteiger partial charge is 0.161 e. The summed E-state index contributed by atoms with van der Waals surface area (Å²) in [6, 6.07) is 7.38. The zero-order chi connectivity index (χ0) is 13.2. The van der Waals surface area contributed by atoms with Crippen molar-refractivity contribution >= 4 is 0 Å². The van der Waals surface area contributed by atoms with Gasteiger partial charge in [-0.25, -0.2) is 0 Å². The summed E-state index contributed by atoms with van der Waals surface area (Å²) in [5.41, 5.74) is 1.26. The predicted molar refractivity (Wildman–Crippen MR) is 74.9 cm³/mol. The van der Waals surface area contributed by atoms with Crippen LogP contribution >= 0.6 is 0 Å². The highest BCUT2D eigenvalue weighted by molar-refractivity contribution is 5.44. The van der Waals surface area contributed by atoms with E-state index in [4.69, 9.17) is 9.47 Å². The van der Waals surface area contributed by atoms with Gasteiger partial charge >= 0.3 is 0 Å². The minimum absolute atomic E-state index is 0.335. The summed E-state index contributed by atoms with van der Waals surface area (Å²) in [4.78, 5) is 2.44. The van der Waals surface area contributed by atoms with Crippen molar-refractivity contribution < 1.29 is 9.47 Å². The predicted octanol–water partition coefficient (Wildman–Crippen LogP) is 1.81. The number of likely N-dealkylation sites (N-methyl/N-ethyl adjacent to an activating group) is 2. The fraction of sp³-hybridized carbons (Fsp3) is 0.600. The normalized spacial score (nSPS) is 19.5. The summed E-state index contributed by atoms with van der Waals surface area (Å²) < 4.78 is 11.2. The summed E-state index contributed by atoms with van der Waals surface area (Å²) in [6.07, 6.45) is 2.68. The quantitative estimate of drug-likeness (QED) is 0.877. The van der Waals surface area contributed by atoms with Crippen LogP contribution in [0.2, 0.25) is 0 Å². The van der Waals surface area contributed by atoms with Crippen LogP contribution in [0, 0.1) is 0 Å². The van der Waals surface area contributed by atoms with Crippen LogP contribution in [-0.4, -0.2) is 44.8 Å². The van der Waals surface area contributed by atoms with Crippen LogP contribution < -0.4 is 14.8 Å². The van der Waals surface area contributed by atoms with E-state index in [1.54, 1.807) is 0 Å². The molecule has 4 heteroatoms. The number of ether oxygens (including phenoxy) is 2. The molecule has 0 bridgehead atoms. The van der Waals surface area contributed by atoms with Crippen LogP contribution in [0.1, 0.15) is 24.4 Å². The molecule has 104 valence electrons. The van der Waals surface area contributed by atoms with Gasteiger partial charge in [-0.15, -0.1) is 0 Å². The maximum atomic E-state index is 5.66. The lowest BCUT2D eigenvalue weighted by Crippen LogP contribution is -2.32. The molecule has 0 saturated heterocycles. The number of benzene rings is 1. The first-order valence-electron chi connectivity index (χ1n) is 7.05. The molecule has 1 aliphatic carbocycles. The van der Waals surface area contributed by atoms with E-state index >= 15 is 0 Å². The molecule has 2 aliphatic rings. The molecule has 3 rings (SSSR count). The highest BCUT2D eigenvalue weighted by atomic mass is 16.6. The average molecular weight is 262 g/mol. The average Bonchev–Trinajstić information content (AvgIpc) is 3.28. The van der Waals surface area contributed by atoms with Crippen molar-refractivity contribution in [3.05, 3.63) is 23.8 Å². The van der Waals surface area contributed by atoms with E-state index in [2.05, 4.69) is 29.4 Å². The summed E-state index contributed by atoms with van der Waals surface area (Å²) >= 11 is 0. The molecular formula is C15H22N2O2. The fourth-order valence-corrected chi connectivity index (χ4v) is 2.59. The van der Waals surface area contributed by atoms with Gasteiger partial charge in [0.25, 0.3) is 0 Å². The lowest BCUT2D eigenvalue weighted by molar-refractivity contribution is 0.171. The van der Waals surface area contributed by atoms with Crippen molar-refractivity contribution in [1.82, 2.24) is 10.2 Å². The number of nitrogens with zero attached hydrogens (tertiary/aromatic N) is 1. The van der Waals surface area contributed by atoms with E-state index in [0.29, 0.717) is 19.3 Å². The lowest BCUT2D eigenvalue weighted by Gasteiger charge is -2.25. The second-order valence-corrected chi connectivity index (χ2v) is 5.42. The van der Waals surface area contributed by atoms with Gasteiger partial charge in [0.05, 0.1) is 0 Å². The van der Waals surface area contributed by atoms with Crippen LogP contribution in [0.3, 0.4) is 0 Å². The second-order valence-electron chi connectivity index (χ2n) is 5.42. The van der Waals surface area contributed by atoms with Gasteiger partial charge in [-0.05, 0) is 44.6 Å². The van der Waals surface area contributed by atoms with E-state index in [9.17, 15) is 0 Å². The van der Waals surface area contributed by atoms with Crippen LogP contribution in [0.5, 0.6) is 11.5 Å². The third-order valence-corrected chi connectivity index (χ3v) is 3.96. The van der Waals surface area contributed by atoms with Gasteiger partial charge in [-0.1, -0.05) is 6.07 Å². The van der Waals surface area contributed by atoms with Gasteiger partial charge in [-0.3, -0.25) is 0 Å². The van der Waals surface area contributed by atoms with Crippen LogP contribution in [-0.2, 0) is 0 Å². The largest absolute Gasteiger partial charge is 0.486 e. The Bertz CT molecular complexity index is 446. The minimum Gasteiger partial charge on any atom is -0.486 e. The van der Waals surface area contributed by atoms with Gasteiger partial charge in [0.2, 0.25) is 0 Å². The number of hydrogen-bond donors (Lipinski definition) is 1. The van der Waals surface area contributed by atoms with Gasteiger partial charge in [0, 0.05) is 18.6 Å². The Hall–Kier alpha value is -1.26. The third-order valence-electron chi connectivity index (χ3n) is 3.96. The van der Waals surface area contributed by atoms with E-state index in [0.717, 1.165) is 24.1 Å². The Morgan fingerprint density at radius 2 is 2.00 bits per heavy atom. The molecule has 1 fully saturated rings. The maximum absolute atomic E-state index is 5.66. The number of hydrogen-bond acceptors (Lipinski definition) is 4. The molecule has 1 N–H and O–H groups in total. The molecular weight excluding hydrogens is 240 g/mol. The minimum atomic E-state index is 0.335. The van der Waals surface area contributed by atoms with Gasteiger partial charge < -0.3 is 19.7 Å². The monoisotopic (exact) mass is 262 g/mol. The topological polar surface area (TPSA) is 33.7 Å². The third kappa shape index (κ3) is 2.85. The van der Waals surface area contributed by atoms with Crippen molar-refractivity contribution in [2.24, 2.45) is 0 Å². The number of fused-ring (bicyclic) bond motifs is 1. The van der Waals surface area contributed by atoms with E-state index < -0.39 is 0 Å². The molecule has 1 unspecified atom stereocenters. The molecule has 1 aliphatic heterocycles. The molecule has 1 aromatic carbocycles. The van der Waals surface area contributed by atoms with E-state index in [1.807, 2.05) is 13.1 Å². The van der Waals surface area contributed by atoms with Crippen molar-refractivity contribution in [2.45, 2.75) is 24.9 Å². The Labute approximate surface area is 114 Å². The van der Waals surface area contributed by atoms with Crippen LogP contribution in [0.4, 0.5) is 0 Å². The second kappa shape index (κ2) is 5.39. The van der Waals surface area contributed by atoms with Gasteiger partial charge in [0.15, 0.2) is 11.5 Å². The highest BCUT2D eigenvalue weighted by Gasteiger charge is 2.28. The molecule has 0 aromatic heterocycles. The first-order valence-corrected chi connectivity index (χ1v) is 7.05. The zero-order valence-corrected chi connectivity index (χ0v) is 11.7. The van der Waals surface area contributed by atoms with Crippen LogP contribution in [0.15, 0.2) is 18.2 Å².